The van der Waals surface area contributed by atoms with Crippen LogP contribution in [0.25, 0.3) is 0 Å². The maximum Gasteiger partial charge on any atom is 0.573 e. The zero-order valence-corrected chi connectivity index (χ0v) is 12.5. The molecule has 0 fully saturated rings. The second-order valence-corrected chi connectivity index (χ2v) is 6.12. The number of esters is 1. The van der Waals surface area contributed by atoms with E-state index in [4.69, 9.17) is 0 Å². The van der Waals surface area contributed by atoms with E-state index < -0.39 is 34.1 Å². The molecule has 0 saturated carbocycles. The Morgan fingerprint density at radius 3 is 2.23 bits per heavy atom. The topological polar surface area (TPSA) is 81.7 Å². The molecule has 0 radical (unpaired) electrons. The van der Waals surface area contributed by atoms with Crippen LogP contribution < -0.4 is 9.46 Å². The third kappa shape index (κ3) is 6.76. The van der Waals surface area contributed by atoms with Gasteiger partial charge in [-0.25, -0.2) is 13.1 Å². The first-order valence-corrected chi connectivity index (χ1v) is 7.79. The predicted molar refractivity (Wildman–Crippen MR) is 70.5 cm³/mol. The fourth-order valence-corrected chi connectivity index (χ4v) is 2.37. The molecule has 0 saturated heterocycles. The van der Waals surface area contributed by atoms with E-state index in [1.165, 1.54) is 12.1 Å². The Hall–Kier alpha value is -1.81. The van der Waals surface area contributed by atoms with Gasteiger partial charge in [0.25, 0.3) is 0 Å². The van der Waals surface area contributed by atoms with Gasteiger partial charge in [-0.2, -0.15) is 0 Å². The smallest absolute Gasteiger partial charge is 0.469 e. The lowest BCUT2D eigenvalue weighted by Crippen LogP contribution is -2.29. The van der Waals surface area contributed by atoms with Crippen LogP contribution in [0.1, 0.15) is 18.0 Å². The number of ether oxygens (including phenoxy) is 2. The number of carbonyl (C=O) groups excluding carboxylic acids is 1. The van der Waals surface area contributed by atoms with Gasteiger partial charge in [-0.15, -0.1) is 13.2 Å². The van der Waals surface area contributed by atoms with E-state index >= 15 is 0 Å². The van der Waals surface area contributed by atoms with E-state index in [1.807, 2.05) is 0 Å². The number of hydrogen-bond donors (Lipinski definition) is 1. The first-order chi connectivity index (χ1) is 10.00. The van der Waals surface area contributed by atoms with Crippen molar-refractivity contribution in [3.05, 3.63) is 29.8 Å². The van der Waals surface area contributed by atoms with Crippen molar-refractivity contribution in [3.8, 4) is 5.75 Å². The normalized spacial score (nSPS) is 13.5. The zero-order valence-electron chi connectivity index (χ0n) is 11.7. The number of sulfonamides is 1. The molecule has 1 aromatic carbocycles. The molecular formula is C12H14F3NO5S. The molecule has 0 unspecified atom stereocenters. The van der Waals surface area contributed by atoms with Crippen molar-refractivity contribution in [2.75, 3.05) is 13.4 Å². The number of hydrogen-bond acceptors (Lipinski definition) is 5. The largest absolute Gasteiger partial charge is 0.573 e. The Balaban J connectivity index is 2.96. The Bertz CT molecular complexity index is 613. The molecule has 0 bridgehead atoms. The molecular weight excluding hydrogens is 327 g/mol. The highest BCUT2D eigenvalue weighted by molar-refractivity contribution is 7.88. The summed E-state index contributed by atoms with van der Waals surface area (Å²) < 4.78 is 69.2. The molecule has 0 spiro atoms. The molecule has 1 atom stereocenters. The second-order valence-electron chi connectivity index (χ2n) is 4.34. The van der Waals surface area contributed by atoms with Crippen molar-refractivity contribution in [2.24, 2.45) is 0 Å². The molecule has 1 rings (SSSR count). The highest BCUT2D eigenvalue weighted by Crippen LogP contribution is 2.25. The third-order valence-corrected chi connectivity index (χ3v) is 3.18. The van der Waals surface area contributed by atoms with Gasteiger partial charge in [-0.1, -0.05) is 12.1 Å². The fourth-order valence-electron chi connectivity index (χ4n) is 1.64. The van der Waals surface area contributed by atoms with Gasteiger partial charge >= 0.3 is 12.3 Å². The monoisotopic (exact) mass is 341 g/mol. The summed E-state index contributed by atoms with van der Waals surface area (Å²) >= 11 is 0. The van der Waals surface area contributed by atoms with E-state index in [-0.39, 0.29) is 6.42 Å². The van der Waals surface area contributed by atoms with Crippen LogP contribution in [0.2, 0.25) is 0 Å². The van der Waals surface area contributed by atoms with Crippen molar-refractivity contribution in [1.82, 2.24) is 4.72 Å². The minimum atomic E-state index is -4.82. The van der Waals surface area contributed by atoms with Crippen LogP contribution in [0.3, 0.4) is 0 Å². The number of nitrogens with one attached hydrogen (secondary N) is 1. The van der Waals surface area contributed by atoms with Crippen LogP contribution in [0, 0.1) is 0 Å². The minimum absolute atomic E-state index is 0.297. The summed E-state index contributed by atoms with van der Waals surface area (Å²) in [5.41, 5.74) is 0.297. The predicted octanol–water partition coefficient (Wildman–Crippen LogP) is 1.74. The second kappa shape index (κ2) is 6.97. The molecule has 0 aromatic heterocycles. The quantitative estimate of drug-likeness (QED) is 0.797. The lowest BCUT2D eigenvalue weighted by atomic mass is 10.0. The molecule has 0 aliphatic heterocycles. The molecule has 22 heavy (non-hydrogen) atoms. The number of alkyl halides is 3. The lowest BCUT2D eigenvalue weighted by molar-refractivity contribution is -0.274. The van der Waals surface area contributed by atoms with Gasteiger partial charge in [0.15, 0.2) is 0 Å². The first-order valence-electron chi connectivity index (χ1n) is 5.90. The Labute approximate surface area is 125 Å². The number of methoxy groups -OCH3 is 1. The van der Waals surface area contributed by atoms with Crippen molar-refractivity contribution >= 4 is 16.0 Å². The standard InChI is InChI=1S/C12H14F3NO5S/c1-20-11(17)7-10(16-22(2,18)19)8-3-5-9(6-4-8)21-12(13,14)15/h3-6,10,16H,7H2,1-2H3/t10-/m1/s1. The van der Waals surface area contributed by atoms with Crippen molar-refractivity contribution in [2.45, 2.75) is 18.8 Å². The third-order valence-electron chi connectivity index (χ3n) is 2.47. The number of rotatable bonds is 6. The van der Waals surface area contributed by atoms with E-state index in [1.54, 1.807) is 0 Å². The zero-order chi connectivity index (χ0) is 17.0. The van der Waals surface area contributed by atoms with Crippen LogP contribution in [-0.2, 0) is 19.6 Å². The molecule has 10 heteroatoms. The summed E-state index contributed by atoms with van der Waals surface area (Å²) in [5.74, 6) is -1.12. The molecule has 124 valence electrons. The van der Waals surface area contributed by atoms with Crippen molar-refractivity contribution in [3.63, 3.8) is 0 Å². The molecule has 0 heterocycles. The summed E-state index contributed by atoms with van der Waals surface area (Å²) in [6.07, 6.45) is -4.22. The molecule has 6 nitrogen and oxygen atoms in total. The molecule has 1 N–H and O–H groups in total. The van der Waals surface area contributed by atoms with Crippen molar-refractivity contribution < 1.29 is 35.9 Å². The van der Waals surface area contributed by atoms with E-state index in [0.717, 1.165) is 25.5 Å². The summed E-state index contributed by atoms with van der Waals surface area (Å²) in [4.78, 5) is 11.3. The van der Waals surface area contributed by atoms with Gasteiger partial charge in [-0.3, -0.25) is 4.79 Å². The highest BCUT2D eigenvalue weighted by Gasteiger charge is 2.31. The van der Waals surface area contributed by atoms with E-state index in [2.05, 4.69) is 14.2 Å². The van der Waals surface area contributed by atoms with Crippen LogP contribution in [0.15, 0.2) is 24.3 Å². The van der Waals surface area contributed by atoms with Crippen LogP contribution >= 0.6 is 0 Å². The SMILES string of the molecule is COC(=O)C[C@@H](NS(C)(=O)=O)c1ccc(OC(F)(F)F)cc1. The Morgan fingerprint density at radius 2 is 1.82 bits per heavy atom. The summed E-state index contributed by atoms with van der Waals surface area (Å²) in [7, 11) is -2.49. The number of halogens is 3. The van der Waals surface area contributed by atoms with Crippen LogP contribution in [-0.4, -0.2) is 34.1 Å². The number of benzene rings is 1. The fraction of sp³-hybridized carbons (Fsp3) is 0.417. The summed E-state index contributed by atoms with van der Waals surface area (Å²) in [5, 5.41) is 0. The van der Waals surface area contributed by atoms with Gasteiger partial charge in [0.2, 0.25) is 10.0 Å². The average Bonchev–Trinajstić information content (AvgIpc) is 2.35. The molecule has 0 amide bonds. The highest BCUT2D eigenvalue weighted by atomic mass is 32.2. The molecule has 0 aliphatic carbocycles. The van der Waals surface area contributed by atoms with E-state index in [9.17, 15) is 26.4 Å². The van der Waals surface area contributed by atoms with Gasteiger partial charge < -0.3 is 9.47 Å². The van der Waals surface area contributed by atoms with Crippen LogP contribution in [0.4, 0.5) is 13.2 Å². The maximum atomic E-state index is 12.1. The van der Waals surface area contributed by atoms with Gasteiger partial charge in [-0.05, 0) is 17.7 Å². The lowest BCUT2D eigenvalue weighted by Gasteiger charge is -2.17. The number of carbonyl (C=O) groups is 1. The molecule has 0 aliphatic rings. The summed E-state index contributed by atoms with van der Waals surface area (Å²) in [6, 6.07) is 3.55. The maximum absolute atomic E-state index is 12.1. The molecule has 1 aromatic rings. The Morgan fingerprint density at radius 1 is 1.27 bits per heavy atom. The average molecular weight is 341 g/mol. The van der Waals surface area contributed by atoms with Crippen molar-refractivity contribution in [1.29, 1.82) is 0 Å². The minimum Gasteiger partial charge on any atom is -0.469 e. The Kier molecular flexibility index (Phi) is 5.78. The van der Waals surface area contributed by atoms with Gasteiger partial charge in [0.1, 0.15) is 5.75 Å². The van der Waals surface area contributed by atoms with E-state index in [0.29, 0.717) is 5.56 Å². The summed E-state index contributed by atoms with van der Waals surface area (Å²) in [6.45, 7) is 0. The first kappa shape index (κ1) is 18.2. The van der Waals surface area contributed by atoms with Gasteiger partial charge in [0.05, 0.1) is 25.8 Å². The van der Waals surface area contributed by atoms with Crippen LogP contribution in [0.5, 0.6) is 5.75 Å². The van der Waals surface area contributed by atoms with Gasteiger partial charge in [0, 0.05) is 0 Å².